The van der Waals surface area contributed by atoms with Gasteiger partial charge in [-0.2, -0.15) is 0 Å². The zero-order valence-corrected chi connectivity index (χ0v) is 15.4. The van der Waals surface area contributed by atoms with Crippen molar-refractivity contribution in [3.05, 3.63) is 11.6 Å². The van der Waals surface area contributed by atoms with Crippen molar-refractivity contribution in [2.45, 2.75) is 85.0 Å². The second kappa shape index (κ2) is 5.46. The molecule has 0 bridgehead atoms. The molecule has 1 heteroatoms. The molecule has 0 spiro atoms. The van der Waals surface area contributed by atoms with E-state index in [-0.39, 0.29) is 5.41 Å². The smallest absolute Gasteiger partial charge is 0.139 e. The fraction of sp³-hybridized carbons (Fsp3) is 0.864. The van der Waals surface area contributed by atoms with Gasteiger partial charge in [0.15, 0.2) is 0 Å². The van der Waals surface area contributed by atoms with Gasteiger partial charge in [0.1, 0.15) is 5.78 Å². The molecule has 0 aliphatic heterocycles. The Morgan fingerprint density at radius 3 is 2.70 bits per heavy atom. The van der Waals surface area contributed by atoms with Gasteiger partial charge in [-0.3, -0.25) is 4.79 Å². The number of ketones is 1. The fourth-order valence-corrected chi connectivity index (χ4v) is 7.39. The Morgan fingerprint density at radius 1 is 1.13 bits per heavy atom. The van der Waals surface area contributed by atoms with Gasteiger partial charge < -0.3 is 0 Å². The Morgan fingerprint density at radius 2 is 1.91 bits per heavy atom. The van der Waals surface area contributed by atoms with Crippen LogP contribution in [0.4, 0.5) is 0 Å². The Labute approximate surface area is 142 Å². The first-order valence-electron chi connectivity index (χ1n) is 10.2. The van der Waals surface area contributed by atoms with Crippen LogP contribution in [0.2, 0.25) is 0 Å². The van der Waals surface area contributed by atoms with Crippen molar-refractivity contribution in [3.8, 4) is 0 Å². The number of rotatable bonds is 2. The third kappa shape index (κ3) is 2.14. The molecule has 128 valence electrons. The van der Waals surface area contributed by atoms with Crippen LogP contribution in [0.5, 0.6) is 0 Å². The van der Waals surface area contributed by atoms with Crippen molar-refractivity contribution in [1.29, 1.82) is 0 Å². The predicted molar refractivity (Wildman–Crippen MR) is 95.1 cm³/mol. The van der Waals surface area contributed by atoms with E-state index in [1.54, 1.807) is 0 Å². The average Bonchev–Trinajstić information content (AvgIpc) is 2.83. The molecule has 0 radical (unpaired) electrons. The van der Waals surface area contributed by atoms with Gasteiger partial charge in [0.25, 0.3) is 0 Å². The van der Waals surface area contributed by atoms with E-state index in [9.17, 15) is 4.79 Å². The van der Waals surface area contributed by atoms with Gasteiger partial charge in [0.05, 0.1) is 0 Å². The molecule has 4 aliphatic rings. The Bertz CT molecular complexity index is 532. The minimum absolute atomic E-state index is 0.0319. The lowest BCUT2D eigenvalue weighted by molar-refractivity contribution is -0.133. The van der Waals surface area contributed by atoms with Crippen LogP contribution >= 0.6 is 0 Å². The van der Waals surface area contributed by atoms with Crippen LogP contribution in [0.15, 0.2) is 11.6 Å². The molecule has 0 N–H and O–H groups in total. The van der Waals surface area contributed by atoms with Gasteiger partial charge in [0, 0.05) is 11.8 Å². The highest BCUT2D eigenvalue weighted by Crippen LogP contribution is 2.66. The zero-order chi connectivity index (χ0) is 16.2. The molecule has 0 aromatic rings. The second-order valence-corrected chi connectivity index (χ2v) is 9.49. The molecule has 0 heterocycles. The van der Waals surface area contributed by atoms with Crippen LogP contribution in [0.25, 0.3) is 0 Å². The summed E-state index contributed by atoms with van der Waals surface area (Å²) in [6, 6.07) is 0. The van der Waals surface area contributed by atoms with Crippen molar-refractivity contribution in [2.24, 2.45) is 34.5 Å². The van der Waals surface area contributed by atoms with E-state index >= 15 is 0 Å². The molecule has 0 aromatic heterocycles. The van der Waals surface area contributed by atoms with E-state index in [2.05, 4.69) is 26.8 Å². The van der Waals surface area contributed by atoms with Crippen LogP contribution in [0.3, 0.4) is 0 Å². The van der Waals surface area contributed by atoms with Crippen molar-refractivity contribution < 1.29 is 4.79 Å². The molecule has 0 amide bonds. The highest BCUT2D eigenvalue weighted by atomic mass is 16.1. The van der Waals surface area contributed by atoms with Crippen LogP contribution in [-0.4, -0.2) is 5.78 Å². The van der Waals surface area contributed by atoms with Crippen molar-refractivity contribution >= 4 is 5.78 Å². The molecule has 5 unspecified atom stereocenters. The van der Waals surface area contributed by atoms with Crippen LogP contribution in [0, 0.1) is 34.5 Å². The zero-order valence-electron chi connectivity index (χ0n) is 15.4. The largest absolute Gasteiger partial charge is 0.299 e. The Kier molecular flexibility index (Phi) is 3.78. The lowest BCUT2D eigenvalue weighted by Gasteiger charge is -2.59. The monoisotopic (exact) mass is 314 g/mol. The molecule has 3 fully saturated rings. The van der Waals surface area contributed by atoms with E-state index in [0.29, 0.717) is 17.1 Å². The third-order valence-electron chi connectivity index (χ3n) is 8.52. The summed E-state index contributed by atoms with van der Waals surface area (Å²) >= 11 is 0. The highest BCUT2D eigenvalue weighted by Gasteiger charge is 2.59. The number of hydrogen-bond donors (Lipinski definition) is 0. The van der Waals surface area contributed by atoms with E-state index in [1.165, 1.54) is 57.8 Å². The summed E-state index contributed by atoms with van der Waals surface area (Å²) in [7, 11) is 0. The van der Waals surface area contributed by atoms with Crippen molar-refractivity contribution in [1.82, 2.24) is 0 Å². The standard InChI is InChI=1S/C22H34O/c1-4-7-15-14-16-18-9-10-20(23)22(18,3)13-11-19(16)21(2)12-6-5-8-17(15)21/h8,15-16,18-19H,4-7,9-14H2,1-3H3/t15-,16?,18?,19?,21?,22?/m0/s1. The summed E-state index contributed by atoms with van der Waals surface area (Å²) in [4.78, 5) is 12.6. The normalized spacial score (nSPS) is 49.2. The maximum atomic E-state index is 12.6. The fourth-order valence-electron chi connectivity index (χ4n) is 7.39. The van der Waals surface area contributed by atoms with Gasteiger partial charge in [-0.15, -0.1) is 0 Å². The lowest BCUT2D eigenvalue weighted by atomic mass is 9.45. The summed E-state index contributed by atoms with van der Waals surface area (Å²) < 4.78 is 0. The minimum atomic E-state index is 0.0319. The maximum Gasteiger partial charge on any atom is 0.139 e. The molecule has 1 nitrogen and oxygen atoms in total. The molecule has 3 saturated carbocycles. The number of fused-ring (bicyclic) bond motifs is 5. The Balaban J connectivity index is 1.72. The molecule has 4 rings (SSSR count). The summed E-state index contributed by atoms with van der Waals surface area (Å²) in [6.07, 6.45) is 15.3. The first-order chi connectivity index (χ1) is 11.0. The summed E-state index contributed by atoms with van der Waals surface area (Å²) in [6.45, 7) is 7.25. The molecule has 0 saturated heterocycles. The van der Waals surface area contributed by atoms with Gasteiger partial charge in [0.2, 0.25) is 0 Å². The second-order valence-electron chi connectivity index (χ2n) is 9.49. The van der Waals surface area contributed by atoms with E-state index in [4.69, 9.17) is 0 Å². The number of carbonyl (C=O) groups excluding carboxylic acids is 1. The predicted octanol–water partition coefficient (Wildman–Crippen LogP) is 5.93. The van der Waals surface area contributed by atoms with Crippen LogP contribution in [-0.2, 0) is 4.79 Å². The van der Waals surface area contributed by atoms with Crippen molar-refractivity contribution in [3.63, 3.8) is 0 Å². The van der Waals surface area contributed by atoms with E-state index in [1.807, 2.05) is 5.57 Å². The first-order valence-corrected chi connectivity index (χ1v) is 10.2. The van der Waals surface area contributed by atoms with E-state index in [0.717, 1.165) is 24.2 Å². The Hall–Kier alpha value is -0.590. The third-order valence-corrected chi connectivity index (χ3v) is 8.52. The van der Waals surface area contributed by atoms with Gasteiger partial charge in [-0.1, -0.05) is 38.8 Å². The minimum Gasteiger partial charge on any atom is -0.299 e. The van der Waals surface area contributed by atoms with Gasteiger partial charge >= 0.3 is 0 Å². The summed E-state index contributed by atoms with van der Waals surface area (Å²) in [5, 5.41) is 0. The highest BCUT2D eigenvalue weighted by molar-refractivity contribution is 5.87. The number of allylic oxidation sites excluding steroid dienone is 2. The van der Waals surface area contributed by atoms with Crippen LogP contribution in [0.1, 0.15) is 85.0 Å². The molecular weight excluding hydrogens is 280 g/mol. The molecular formula is C22H34O. The molecule has 23 heavy (non-hydrogen) atoms. The quantitative estimate of drug-likeness (QED) is 0.577. The summed E-state index contributed by atoms with van der Waals surface area (Å²) in [5.74, 6) is 3.75. The maximum absolute atomic E-state index is 12.6. The average molecular weight is 315 g/mol. The summed E-state index contributed by atoms with van der Waals surface area (Å²) in [5.41, 5.74) is 2.32. The number of hydrogen-bond acceptors (Lipinski definition) is 1. The lowest BCUT2D eigenvalue weighted by Crippen LogP contribution is -2.52. The molecule has 4 aliphatic carbocycles. The van der Waals surface area contributed by atoms with Crippen molar-refractivity contribution in [2.75, 3.05) is 0 Å². The molecule has 6 atom stereocenters. The van der Waals surface area contributed by atoms with Gasteiger partial charge in [-0.05, 0) is 80.5 Å². The topological polar surface area (TPSA) is 17.1 Å². The SMILES string of the molecule is CCC[C@H]1CC2C3CCC(=O)C3(C)CCC2C2(C)CCCC=C12. The first kappa shape index (κ1) is 15.9. The van der Waals surface area contributed by atoms with Gasteiger partial charge in [-0.25, -0.2) is 0 Å². The van der Waals surface area contributed by atoms with E-state index < -0.39 is 0 Å². The number of Topliss-reactive ketones (excluding diaryl/α,β-unsaturated/α-hetero) is 1. The number of carbonyl (C=O) groups is 1. The van der Waals surface area contributed by atoms with Crippen LogP contribution < -0.4 is 0 Å². The molecule has 0 aromatic carbocycles.